The topological polar surface area (TPSA) is 92.4 Å². The van der Waals surface area contributed by atoms with Gasteiger partial charge in [-0.15, -0.1) is 0 Å². The molecule has 2 rings (SSSR count). The molecule has 0 unspecified atom stereocenters. The lowest BCUT2D eigenvalue weighted by molar-refractivity contribution is 0.249. The average molecular weight is 302 g/mol. The van der Waals surface area contributed by atoms with E-state index in [0.29, 0.717) is 6.42 Å². The van der Waals surface area contributed by atoms with Crippen molar-refractivity contribution in [3.8, 4) is 0 Å². The molecular weight excluding hydrogens is 283 g/mol. The Kier molecular flexibility index (Phi) is 4.04. The van der Waals surface area contributed by atoms with Gasteiger partial charge in [0.05, 0.1) is 0 Å². The van der Waals surface area contributed by atoms with Crippen LogP contribution in [0.4, 0.5) is 10.1 Å². The quantitative estimate of drug-likeness (QED) is 0.687. The summed E-state index contributed by atoms with van der Waals surface area (Å²) in [6.07, 6.45) is 2.29. The molecule has 0 saturated heterocycles. The van der Waals surface area contributed by atoms with Crippen molar-refractivity contribution in [2.75, 3.05) is 18.9 Å². The first kappa shape index (κ1) is 15.2. The lowest BCUT2D eigenvalue weighted by atomic mass is 10.0. The zero-order chi connectivity index (χ0) is 15.0. The highest BCUT2D eigenvalue weighted by atomic mass is 32.2. The third-order valence-electron chi connectivity index (χ3n) is 3.77. The van der Waals surface area contributed by atoms with Crippen molar-refractivity contribution in [1.82, 2.24) is 4.72 Å². The summed E-state index contributed by atoms with van der Waals surface area (Å²) in [6, 6.07) is 2.51. The lowest BCUT2D eigenvalue weighted by Crippen LogP contribution is -2.31. The molecule has 7 heteroatoms. The smallest absolute Gasteiger partial charge is 0.243 e. The number of sulfonamides is 1. The molecular formula is C13H19FN2O3S. The Morgan fingerprint density at radius 2 is 2.10 bits per heavy atom. The molecule has 0 aliphatic heterocycles. The number of halogens is 1. The van der Waals surface area contributed by atoms with Crippen LogP contribution >= 0.6 is 0 Å². The number of hydrogen-bond acceptors (Lipinski definition) is 4. The fourth-order valence-corrected chi connectivity index (χ4v) is 3.55. The van der Waals surface area contributed by atoms with E-state index in [1.54, 1.807) is 0 Å². The first-order valence-electron chi connectivity index (χ1n) is 6.46. The predicted molar refractivity (Wildman–Crippen MR) is 74.1 cm³/mol. The number of nitrogen functional groups attached to an aromatic ring is 1. The molecule has 1 fully saturated rings. The van der Waals surface area contributed by atoms with Crippen molar-refractivity contribution in [2.24, 2.45) is 5.41 Å². The molecule has 0 aromatic heterocycles. The number of nitrogens with two attached hydrogens (primary N) is 1. The highest BCUT2D eigenvalue weighted by Gasteiger charge is 2.42. The normalized spacial score (nSPS) is 17.1. The Labute approximate surface area is 118 Å². The second-order valence-corrected chi connectivity index (χ2v) is 7.18. The monoisotopic (exact) mass is 302 g/mol. The van der Waals surface area contributed by atoms with Crippen LogP contribution in [0.1, 0.15) is 24.8 Å². The minimum atomic E-state index is -3.93. The molecule has 0 atom stereocenters. The predicted octanol–water partition coefficient (Wildman–Crippen LogP) is 1.16. The van der Waals surface area contributed by atoms with Gasteiger partial charge in [-0.3, -0.25) is 0 Å². The van der Waals surface area contributed by atoms with Crippen LogP contribution < -0.4 is 10.5 Å². The largest absolute Gasteiger partial charge is 0.399 e. The van der Waals surface area contributed by atoms with E-state index in [-0.39, 0.29) is 29.8 Å². The van der Waals surface area contributed by atoms with Gasteiger partial charge in [-0.1, -0.05) is 0 Å². The number of aliphatic hydroxyl groups excluding tert-OH is 1. The molecule has 0 amide bonds. The molecule has 0 spiro atoms. The number of rotatable bonds is 6. The number of benzene rings is 1. The van der Waals surface area contributed by atoms with Gasteiger partial charge in [-0.25, -0.2) is 17.5 Å². The molecule has 1 aromatic rings. The highest BCUT2D eigenvalue weighted by Crippen LogP contribution is 2.48. The standard InChI is InChI=1S/C13H19FN2O3S/c1-9-6-10(15)7-11(12(9)14)20(18,19)16-8-13(2-3-13)4-5-17/h6-7,16-17H,2-5,8,15H2,1H3. The third kappa shape index (κ3) is 3.11. The first-order chi connectivity index (χ1) is 9.30. The minimum absolute atomic E-state index is 0.0213. The van der Waals surface area contributed by atoms with E-state index >= 15 is 0 Å². The maximum absolute atomic E-state index is 13.9. The number of hydrogen-bond donors (Lipinski definition) is 3. The summed E-state index contributed by atoms with van der Waals surface area (Å²) in [5.74, 6) is -0.779. The van der Waals surface area contributed by atoms with Crippen molar-refractivity contribution in [3.05, 3.63) is 23.5 Å². The van der Waals surface area contributed by atoms with E-state index in [0.717, 1.165) is 18.9 Å². The molecule has 20 heavy (non-hydrogen) atoms. The summed E-state index contributed by atoms with van der Waals surface area (Å²) < 4.78 is 40.7. The van der Waals surface area contributed by atoms with E-state index in [9.17, 15) is 12.8 Å². The van der Waals surface area contributed by atoms with Gasteiger partial charge in [-0.2, -0.15) is 0 Å². The Morgan fingerprint density at radius 3 is 2.65 bits per heavy atom. The summed E-state index contributed by atoms with van der Waals surface area (Å²) in [4.78, 5) is -0.421. The Balaban J connectivity index is 2.19. The van der Waals surface area contributed by atoms with Gasteiger partial charge >= 0.3 is 0 Å². The van der Waals surface area contributed by atoms with Crippen molar-refractivity contribution in [1.29, 1.82) is 0 Å². The highest BCUT2D eigenvalue weighted by molar-refractivity contribution is 7.89. The third-order valence-corrected chi connectivity index (χ3v) is 5.17. The maximum Gasteiger partial charge on any atom is 0.243 e. The fraction of sp³-hybridized carbons (Fsp3) is 0.538. The van der Waals surface area contributed by atoms with Crippen LogP contribution in [0, 0.1) is 18.2 Å². The summed E-state index contributed by atoms with van der Waals surface area (Å²) in [7, 11) is -3.93. The maximum atomic E-state index is 13.9. The van der Waals surface area contributed by atoms with Gasteiger partial charge in [0, 0.05) is 18.8 Å². The van der Waals surface area contributed by atoms with Gasteiger partial charge in [0.2, 0.25) is 10.0 Å². The van der Waals surface area contributed by atoms with Gasteiger partial charge < -0.3 is 10.8 Å². The molecule has 4 N–H and O–H groups in total. The van der Waals surface area contributed by atoms with Crippen LogP contribution in [0.25, 0.3) is 0 Å². The number of nitrogens with one attached hydrogen (secondary N) is 1. The SMILES string of the molecule is Cc1cc(N)cc(S(=O)(=O)NCC2(CCO)CC2)c1F. The fourth-order valence-electron chi connectivity index (χ4n) is 2.21. The molecule has 5 nitrogen and oxygen atoms in total. The lowest BCUT2D eigenvalue weighted by Gasteiger charge is -2.15. The number of anilines is 1. The molecule has 1 aliphatic rings. The summed E-state index contributed by atoms with van der Waals surface area (Å²) in [5, 5.41) is 8.95. The van der Waals surface area contributed by atoms with Gasteiger partial charge in [-0.05, 0) is 49.3 Å². The summed E-state index contributed by atoms with van der Waals surface area (Å²) in [6.45, 7) is 1.70. The molecule has 1 saturated carbocycles. The van der Waals surface area contributed by atoms with Gasteiger partial charge in [0.25, 0.3) is 0 Å². The van der Waals surface area contributed by atoms with Crippen LogP contribution in [-0.4, -0.2) is 26.7 Å². The van der Waals surface area contributed by atoms with Crippen LogP contribution in [0.3, 0.4) is 0 Å². The molecule has 0 bridgehead atoms. The van der Waals surface area contributed by atoms with E-state index in [1.807, 2.05) is 0 Å². The van der Waals surface area contributed by atoms with Crippen molar-refractivity contribution >= 4 is 15.7 Å². The van der Waals surface area contributed by atoms with Crippen LogP contribution in [0.5, 0.6) is 0 Å². The van der Waals surface area contributed by atoms with Crippen molar-refractivity contribution in [3.63, 3.8) is 0 Å². The molecule has 1 aliphatic carbocycles. The van der Waals surface area contributed by atoms with E-state index < -0.39 is 20.7 Å². The van der Waals surface area contributed by atoms with E-state index in [2.05, 4.69) is 4.72 Å². The molecule has 0 heterocycles. The van der Waals surface area contributed by atoms with Gasteiger partial charge in [0.15, 0.2) is 0 Å². The van der Waals surface area contributed by atoms with Crippen molar-refractivity contribution in [2.45, 2.75) is 31.1 Å². The van der Waals surface area contributed by atoms with Gasteiger partial charge in [0.1, 0.15) is 10.7 Å². The Bertz CT molecular complexity index is 612. The van der Waals surface area contributed by atoms with Crippen LogP contribution in [0.2, 0.25) is 0 Å². The Hall–Kier alpha value is -1.18. The second-order valence-electron chi connectivity index (χ2n) is 5.45. The molecule has 112 valence electrons. The summed E-state index contributed by atoms with van der Waals surface area (Å²) >= 11 is 0. The molecule has 0 radical (unpaired) electrons. The zero-order valence-corrected chi connectivity index (χ0v) is 12.1. The van der Waals surface area contributed by atoms with E-state index in [4.69, 9.17) is 10.8 Å². The van der Waals surface area contributed by atoms with Crippen molar-refractivity contribution < 1.29 is 17.9 Å². The number of aryl methyl sites for hydroxylation is 1. The minimum Gasteiger partial charge on any atom is -0.399 e. The Morgan fingerprint density at radius 1 is 1.45 bits per heavy atom. The number of aliphatic hydroxyl groups is 1. The average Bonchev–Trinajstić information content (AvgIpc) is 3.12. The van der Waals surface area contributed by atoms with E-state index in [1.165, 1.54) is 13.0 Å². The van der Waals surface area contributed by atoms with Crippen LogP contribution in [-0.2, 0) is 10.0 Å². The zero-order valence-electron chi connectivity index (χ0n) is 11.3. The van der Waals surface area contributed by atoms with Crippen LogP contribution in [0.15, 0.2) is 17.0 Å². The first-order valence-corrected chi connectivity index (χ1v) is 7.94. The molecule has 1 aromatic carbocycles. The summed E-state index contributed by atoms with van der Waals surface area (Å²) in [5.41, 5.74) is 5.81. The second kappa shape index (κ2) is 5.31.